The van der Waals surface area contributed by atoms with Gasteiger partial charge in [-0.2, -0.15) is 5.10 Å². The Hall–Kier alpha value is -0.870. The van der Waals surface area contributed by atoms with Gasteiger partial charge in [-0.25, -0.2) is 0 Å². The number of rotatable bonds is 3. The zero-order valence-corrected chi connectivity index (χ0v) is 8.90. The van der Waals surface area contributed by atoms with Gasteiger partial charge in [0.1, 0.15) is 0 Å². The van der Waals surface area contributed by atoms with Crippen molar-refractivity contribution < 1.29 is 0 Å². The summed E-state index contributed by atoms with van der Waals surface area (Å²) >= 11 is 0. The molecule has 1 unspecified atom stereocenters. The molecule has 1 N–H and O–H groups in total. The second kappa shape index (κ2) is 4.11. The second-order valence-corrected chi connectivity index (χ2v) is 4.15. The zero-order valence-electron chi connectivity index (χ0n) is 8.90. The van der Waals surface area contributed by atoms with Crippen molar-refractivity contribution in [3.8, 4) is 0 Å². The summed E-state index contributed by atoms with van der Waals surface area (Å²) in [5.41, 5.74) is 1.27. The van der Waals surface area contributed by atoms with Gasteiger partial charge in [0.2, 0.25) is 0 Å². The molecule has 14 heavy (non-hydrogen) atoms. The summed E-state index contributed by atoms with van der Waals surface area (Å²) in [6.07, 6.45) is 5.24. The predicted octanol–water partition coefficient (Wildman–Crippen LogP) is 0.214. The largest absolute Gasteiger partial charge is 0.308 e. The first-order valence-corrected chi connectivity index (χ1v) is 5.13. The maximum Gasteiger partial charge on any atom is 0.0534 e. The van der Waals surface area contributed by atoms with E-state index in [-0.39, 0.29) is 0 Å². The highest BCUT2D eigenvalue weighted by Gasteiger charge is 2.18. The molecule has 0 aromatic carbocycles. The van der Waals surface area contributed by atoms with Gasteiger partial charge in [-0.3, -0.25) is 4.68 Å². The number of aryl methyl sites for hydroxylation is 1. The van der Waals surface area contributed by atoms with E-state index in [1.807, 2.05) is 17.9 Å². The lowest BCUT2D eigenvalue weighted by molar-refractivity contribution is 0.397. The average Bonchev–Trinajstić information content (AvgIpc) is 2.72. The van der Waals surface area contributed by atoms with Gasteiger partial charge in [-0.05, 0) is 20.0 Å². The molecule has 1 aliphatic heterocycles. The molecule has 0 amide bonds. The smallest absolute Gasteiger partial charge is 0.0534 e. The van der Waals surface area contributed by atoms with Crippen LogP contribution in [0.25, 0.3) is 0 Å². The van der Waals surface area contributed by atoms with Gasteiger partial charge in [0.15, 0.2) is 0 Å². The van der Waals surface area contributed by atoms with E-state index in [1.54, 1.807) is 0 Å². The van der Waals surface area contributed by atoms with Gasteiger partial charge < -0.3 is 10.2 Å². The van der Waals surface area contributed by atoms with Crippen molar-refractivity contribution in [1.29, 1.82) is 0 Å². The fourth-order valence-electron chi connectivity index (χ4n) is 1.93. The quantitative estimate of drug-likeness (QED) is 0.747. The lowest BCUT2D eigenvalue weighted by atomic mass is 10.2. The van der Waals surface area contributed by atoms with E-state index < -0.39 is 0 Å². The Kier molecular flexibility index (Phi) is 2.84. The van der Waals surface area contributed by atoms with Crippen LogP contribution in [0.4, 0.5) is 0 Å². The Balaban J connectivity index is 1.77. The standard InChI is InChI=1S/C10H18N4/c1-13-4-3-10(8-13)11-5-9-6-12-14(2)7-9/h6-7,10-11H,3-5,8H2,1-2H3. The molecule has 0 aliphatic carbocycles. The number of hydrogen-bond donors (Lipinski definition) is 1. The van der Waals surface area contributed by atoms with E-state index in [2.05, 4.69) is 28.6 Å². The van der Waals surface area contributed by atoms with E-state index in [0.717, 1.165) is 6.54 Å². The molecule has 4 heteroatoms. The van der Waals surface area contributed by atoms with Gasteiger partial charge in [0.25, 0.3) is 0 Å². The Bertz CT molecular complexity index is 294. The van der Waals surface area contributed by atoms with Crippen molar-refractivity contribution in [3.05, 3.63) is 18.0 Å². The molecule has 0 bridgehead atoms. The van der Waals surface area contributed by atoms with E-state index in [1.165, 1.54) is 25.1 Å². The summed E-state index contributed by atoms with van der Waals surface area (Å²) in [6.45, 7) is 3.32. The molecule has 0 radical (unpaired) electrons. The normalized spacial score (nSPS) is 23.1. The number of likely N-dealkylation sites (tertiary alicyclic amines) is 1. The van der Waals surface area contributed by atoms with Crippen molar-refractivity contribution in [2.45, 2.75) is 19.0 Å². The molecule has 4 nitrogen and oxygen atoms in total. The molecule has 2 rings (SSSR count). The first-order valence-electron chi connectivity index (χ1n) is 5.13. The molecule has 1 saturated heterocycles. The predicted molar refractivity (Wildman–Crippen MR) is 55.9 cm³/mol. The first kappa shape index (κ1) is 9.68. The maximum absolute atomic E-state index is 4.14. The molecule has 78 valence electrons. The van der Waals surface area contributed by atoms with Gasteiger partial charge >= 0.3 is 0 Å². The first-order chi connectivity index (χ1) is 6.74. The highest BCUT2D eigenvalue weighted by atomic mass is 15.2. The van der Waals surface area contributed by atoms with Crippen LogP contribution in [0, 0.1) is 0 Å². The minimum Gasteiger partial charge on any atom is -0.308 e. The summed E-state index contributed by atoms with van der Waals surface area (Å²) in [6, 6.07) is 0.653. The van der Waals surface area contributed by atoms with Crippen LogP contribution >= 0.6 is 0 Å². The number of likely N-dealkylation sites (N-methyl/N-ethyl adjacent to an activating group) is 1. The van der Waals surface area contributed by atoms with Gasteiger partial charge in [0.05, 0.1) is 6.20 Å². The number of nitrogens with one attached hydrogen (secondary N) is 1. The summed E-state index contributed by atoms with van der Waals surface area (Å²) in [5.74, 6) is 0. The summed E-state index contributed by atoms with van der Waals surface area (Å²) in [7, 11) is 4.12. The minimum absolute atomic E-state index is 0.653. The Labute approximate surface area is 84.9 Å². The third-order valence-electron chi connectivity index (χ3n) is 2.74. The average molecular weight is 194 g/mol. The monoisotopic (exact) mass is 194 g/mol. The summed E-state index contributed by atoms with van der Waals surface area (Å²) in [4.78, 5) is 2.36. The zero-order chi connectivity index (χ0) is 9.97. The lowest BCUT2D eigenvalue weighted by Gasteiger charge is -2.11. The van der Waals surface area contributed by atoms with Crippen LogP contribution in [0.15, 0.2) is 12.4 Å². The van der Waals surface area contributed by atoms with Crippen molar-refractivity contribution in [3.63, 3.8) is 0 Å². The fraction of sp³-hybridized carbons (Fsp3) is 0.700. The Morgan fingerprint density at radius 2 is 2.43 bits per heavy atom. The van der Waals surface area contributed by atoms with Gasteiger partial charge in [-0.15, -0.1) is 0 Å². The highest BCUT2D eigenvalue weighted by Crippen LogP contribution is 2.07. The molecule has 0 spiro atoms. The third-order valence-corrected chi connectivity index (χ3v) is 2.74. The highest BCUT2D eigenvalue weighted by molar-refractivity contribution is 5.03. The van der Waals surface area contributed by atoms with Crippen LogP contribution in [0.2, 0.25) is 0 Å². The molecule has 1 aliphatic rings. The molecule has 2 heterocycles. The van der Waals surface area contributed by atoms with Crippen LogP contribution < -0.4 is 5.32 Å². The molecule has 0 saturated carbocycles. The molecule has 1 aromatic heterocycles. The Morgan fingerprint density at radius 3 is 3.00 bits per heavy atom. The summed E-state index contributed by atoms with van der Waals surface area (Å²) in [5, 5.41) is 7.69. The van der Waals surface area contributed by atoms with Crippen molar-refractivity contribution >= 4 is 0 Å². The second-order valence-electron chi connectivity index (χ2n) is 4.15. The van der Waals surface area contributed by atoms with Crippen molar-refractivity contribution in [2.24, 2.45) is 7.05 Å². The van der Waals surface area contributed by atoms with Crippen LogP contribution in [0.3, 0.4) is 0 Å². The van der Waals surface area contributed by atoms with Gasteiger partial charge in [0, 0.05) is 37.9 Å². The number of hydrogen-bond acceptors (Lipinski definition) is 3. The van der Waals surface area contributed by atoms with E-state index in [0.29, 0.717) is 6.04 Å². The number of aromatic nitrogens is 2. The summed E-state index contributed by atoms with van der Waals surface area (Å²) < 4.78 is 1.85. The fourth-order valence-corrected chi connectivity index (χ4v) is 1.93. The molecule has 1 atom stereocenters. The van der Waals surface area contributed by atoms with Crippen LogP contribution in [0.1, 0.15) is 12.0 Å². The van der Waals surface area contributed by atoms with E-state index in [9.17, 15) is 0 Å². The van der Waals surface area contributed by atoms with Crippen molar-refractivity contribution in [1.82, 2.24) is 20.0 Å². The van der Waals surface area contributed by atoms with E-state index >= 15 is 0 Å². The topological polar surface area (TPSA) is 33.1 Å². The van der Waals surface area contributed by atoms with Crippen LogP contribution in [0.5, 0.6) is 0 Å². The number of nitrogens with zero attached hydrogens (tertiary/aromatic N) is 3. The molecule has 1 aromatic rings. The Morgan fingerprint density at radius 1 is 1.57 bits per heavy atom. The van der Waals surface area contributed by atoms with Gasteiger partial charge in [-0.1, -0.05) is 0 Å². The SMILES string of the molecule is CN1CCC(NCc2cnn(C)c2)C1. The molecule has 1 fully saturated rings. The maximum atomic E-state index is 4.14. The third kappa shape index (κ3) is 2.33. The lowest BCUT2D eigenvalue weighted by Crippen LogP contribution is -2.30. The van der Waals surface area contributed by atoms with Crippen molar-refractivity contribution in [2.75, 3.05) is 20.1 Å². The van der Waals surface area contributed by atoms with Crippen LogP contribution in [-0.2, 0) is 13.6 Å². The molecular weight excluding hydrogens is 176 g/mol. The molecular formula is C10H18N4. The van der Waals surface area contributed by atoms with E-state index in [4.69, 9.17) is 0 Å². The minimum atomic E-state index is 0.653. The van der Waals surface area contributed by atoms with Crippen LogP contribution in [-0.4, -0.2) is 40.9 Å².